The van der Waals surface area contributed by atoms with Crippen molar-refractivity contribution in [2.45, 2.75) is 38.1 Å². The number of hydrogen-bond donors (Lipinski definition) is 2. The van der Waals surface area contributed by atoms with Crippen molar-refractivity contribution in [3.63, 3.8) is 0 Å². The van der Waals surface area contributed by atoms with Crippen LogP contribution < -0.4 is 11.1 Å². The smallest absolute Gasteiger partial charge is 0.274 e. The molecule has 2 aromatic rings. The molecular formula is C21H23FN4OS. The standard InChI is InChI=1S/C21H23FN4OS/c1-13-5-8-18(24-11-13)19(27)25-15-6-7-17(22)16(10-15)21-9-3-2-4-14(21)12-28-20(23)26-21/h5-8,10-11,14H,2-4,9,12H2,1H3,(H2,23,26)(H,25,27)/t14-,21-/m0/s1. The summed E-state index contributed by atoms with van der Waals surface area (Å²) in [7, 11) is 0. The minimum absolute atomic E-state index is 0.248. The number of pyridine rings is 1. The van der Waals surface area contributed by atoms with E-state index in [-0.39, 0.29) is 17.6 Å². The van der Waals surface area contributed by atoms with Gasteiger partial charge in [0.1, 0.15) is 11.5 Å². The molecule has 0 radical (unpaired) electrons. The molecule has 0 unspecified atom stereocenters. The molecule has 1 amide bonds. The zero-order chi connectivity index (χ0) is 19.7. The molecule has 5 nitrogen and oxygen atoms in total. The van der Waals surface area contributed by atoms with Gasteiger partial charge >= 0.3 is 0 Å². The number of hydrogen-bond acceptors (Lipinski definition) is 5. The van der Waals surface area contributed by atoms with Crippen molar-refractivity contribution in [3.05, 3.63) is 59.2 Å². The summed E-state index contributed by atoms with van der Waals surface area (Å²) in [5.74, 6) is 0.468. The van der Waals surface area contributed by atoms with Crippen molar-refractivity contribution in [3.8, 4) is 0 Å². The summed E-state index contributed by atoms with van der Waals surface area (Å²) in [4.78, 5) is 21.4. The molecule has 1 aliphatic carbocycles. The Labute approximate surface area is 168 Å². The third-order valence-corrected chi connectivity index (χ3v) is 6.57. The Bertz CT molecular complexity index is 931. The Balaban J connectivity index is 1.68. The second kappa shape index (κ2) is 7.54. The highest BCUT2D eigenvalue weighted by atomic mass is 32.2. The van der Waals surface area contributed by atoms with Crippen LogP contribution in [0.15, 0.2) is 41.5 Å². The summed E-state index contributed by atoms with van der Waals surface area (Å²) in [5, 5.41) is 3.34. The fraction of sp³-hybridized carbons (Fsp3) is 0.381. The summed E-state index contributed by atoms with van der Waals surface area (Å²) in [6.07, 6.45) is 5.54. The van der Waals surface area contributed by atoms with Gasteiger partial charge in [-0.25, -0.2) is 4.39 Å². The van der Waals surface area contributed by atoms with Crippen LogP contribution in [-0.4, -0.2) is 21.8 Å². The quantitative estimate of drug-likeness (QED) is 0.811. The van der Waals surface area contributed by atoms with Gasteiger partial charge in [-0.1, -0.05) is 30.7 Å². The zero-order valence-corrected chi connectivity index (χ0v) is 16.6. The molecule has 146 valence electrons. The monoisotopic (exact) mass is 398 g/mol. The van der Waals surface area contributed by atoms with Gasteiger partial charge in [-0.15, -0.1) is 0 Å². The third kappa shape index (κ3) is 3.51. The molecular weight excluding hydrogens is 375 g/mol. The molecule has 2 heterocycles. The molecule has 0 bridgehead atoms. The molecule has 1 aliphatic heterocycles. The molecule has 2 atom stereocenters. The molecule has 2 aliphatic rings. The Morgan fingerprint density at radius 1 is 1.32 bits per heavy atom. The van der Waals surface area contributed by atoms with Crippen LogP contribution in [0, 0.1) is 18.7 Å². The molecule has 3 N–H and O–H groups in total. The molecule has 4 rings (SSSR count). The lowest BCUT2D eigenvalue weighted by molar-refractivity contribution is 0.102. The van der Waals surface area contributed by atoms with Crippen LogP contribution in [0.25, 0.3) is 0 Å². The number of nitrogens with two attached hydrogens (primary N) is 1. The number of halogens is 1. The number of benzene rings is 1. The van der Waals surface area contributed by atoms with Gasteiger partial charge in [-0.05, 0) is 55.5 Å². The van der Waals surface area contributed by atoms with Crippen molar-refractivity contribution in [2.24, 2.45) is 16.6 Å². The van der Waals surface area contributed by atoms with Crippen LogP contribution in [0.5, 0.6) is 0 Å². The zero-order valence-electron chi connectivity index (χ0n) is 15.7. The van der Waals surface area contributed by atoms with Crippen molar-refractivity contribution < 1.29 is 9.18 Å². The van der Waals surface area contributed by atoms with Gasteiger partial charge in [0, 0.05) is 23.2 Å². The van der Waals surface area contributed by atoms with Crippen molar-refractivity contribution in [1.29, 1.82) is 0 Å². The maximum absolute atomic E-state index is 14.9. The number of amides is 1. The van der Waals surface area contributed by atoms with E-state index < -0.39 is 5.54 Å². The SMILES string of the molecule is Cc1ccc(C(=O)Nc2ccc(F)c([C@]34CCCC[C@H]3CSC(N)=N4)c2)nc1. The van der Waals surface area contributed by atoms with E-state index in [0.717, 1.165) is 37.0 Å². The summed E-state index contributed by atoms with van der Waals surface area (Å²) in [6.45, 7) is 1.91. The second-order valence-electron chi connectivity index (χ2n) is 7.50. The number of rotatable bonds is 3. The Morgan fingerprint density at radius 2 is 2.18 bits per heavy atom. The molecule has 1 aromatic carbocycles. The van der Waals surface area contributed by atoms with Crippen LogP contribution in [0.3, 0.4) is 0 Å². The third-order valence-electron chi connectivity index (χ3n) is 5.61. The number of aliphatic imine (C=N–C) groups is 1. The fourth-order valence-corrected chi connectivity index (χ4v) is 5.20. The van der Waals surface area contributed by atoms with Gasteiger partial charge in [-0.3, -0.25) is 14.8 Å². The summed E-state index contributed by atoms with van der Waals surface area (Å²) in [6, 6.07) is 8.20. The minimum atomic E-state index is -0.638. The van der Waals surface area contributed by atoms with Crippen molar-refractivity contribution in [2.75, 3.05) is 11.1 Å². The van der Waals surface area contributed by atoms with E-state index in [4.69, 9.17) is 10.7 Å². The van der Waals surface area contributed by atoms with Gasteiger partial charge < -0.3 is 11.1 Å². The van der Waals surface area contributed by atoms with Crippen molar-refractivity contribution in [1.82, 2.24) is 4.98 Å². The van der Waals surface area contributed by atoms with Crippen LogP contribution in [0.4, 0.5) is 10.1 Å². The largest absolute Gasteiger partial charge is 0.379 e. The second-order valence-corrected chi connectivity index (χ2v) is 8.54. The van der Waals surface area contributed by atoms with E-state index in [9.17, 15) is 9.18 Å². The van der Waals surface area contributed by atoms with Crippen LogP contribution in [0.2, 0.25) is 0 Å². The Morgan fingerprint density at radius 3 is 2.96 bits per heavy atom. The lowest BCUT2D eigenvalue weighted by atomic mass is 9.69. The normalized spacial score (nSPS) is 24.2. The highest BCUT2D eigenvalue weighted by molar-refractivity contribution is 8.13. The Hall–Kier alpha value is -2.41. The number of carbonyl (C=O) groups is 1. The van der Waals surface area contributed by atoms with E-state index in [1.165, 1.54) is 6.07 Å². The minimum Gasteiger partial charge on any atom is -0.379 e. The lowest BCUT2D eigenvalue weighted by Gasteiger charge is -2.44. The molecule has 1 saturated carbocycles. The number of nitrogens with one attached hydrogen (secondary N) is 1. The first kappa shape index (κ1) is 18.9. The number of fused-ring (bicyclic) bond motifs is 1. The highest BCUT2D eigenvalue weighted by Crippen LogP contribution is 2.50. The van der Waals surface area contributed by atoms with Gasteiger partial charge in [0.05, 0.1) is 5.54 Å². The number of nitrogens with zero attached hydrogens (tertiary/aromatic N) is 2. The van der Waals surface area contributed by atoms with Crippen LogP contribution in [0.1, 0.15) is 47.3 Å². The average molecular weight is 399 g/mol. The molecule has 1 aromatic heterocycles. The van der Waals surface area contributed by atoms with Gasteiger partial charge in [0.2, 0.25) is 0 Å². The first-order valence-corrected chi connectivity index (χ1v) is 10.5. The summed E-state index contributed by atoms with van der Waals surface area (Å²) < 4.78 is 14.9. The first-order chi connectivity index (χ1) is 13.5. The van der Waals surface area contributed by atoms with E-state index in [0.29, 0.717) is 22.1 Å². The molecule has 1 fully saturated rings. The van der Waals surface area contributed by atoms with E-state index in [1.807, 2.05) is 13.0 Å². The number of anilines is 1. The molecule has 7 heteroatoms. The summed E-state index contributed by atoms with van der Waals surface area (Å²) >= 11 is 1.54. The number of amidine groups is 1. The van der Waals surface area contributed by atoms with Crippen molar-refractivity contribution >= 4 is 28.5 Å². The number of aromatic nitrogens is 1. The Kier molecular flexibility index (Phi) is 5.10. The molecule has 0 spiro atoms. The van der Waals surface area contributed by atoms with Crippen LogP contribution >= 0.6 is 11.8 Å². The predicted molar refractivity (Wildman–Crippen MR) is 111 cm³/mol. The number of thioether (sulfide) groups is 1. The maximum atomic E-state index is 14.9. The topological polar surface area (TPSA) is 80.4 Å². The predicted octanol–water partition coefficient (Wildman–Crippen LogP) is 4.23. The molecule has 28 heavy (non-hydrogen) atoms. The first-order valence-electron chi connectivity index (χ1n) is 9.50. The van der Waals surface area contributed by atoms with E-state index in [1.54, 1.807) is 36.2 Å². The lowest BCUT2D eigenvalue weighted by Crippen LogP contribution is -2.43. The van der Waals surface area contributed by atoms with E-state index >= 15 is 0 Å². The maximum Gasteiger partial charge on any atom is 0.274 e. The highest BCUT2D eigenvalue weighted by Gasteiger charge is 2.46. The van der Waals surface area contributed by atoms with E-state index in [2.05, 4.69) is 10.3 Å². The van der Waals surface area contributed by atoms with Gasteiger partial charge in [-0.2, -0.15) is 0 Å². The average Bonchev–Trinajstić information content (AvgIpc) is 2.69. The number of carbonyl (C=O) groups excluding carboxylic acids is 1. The summed E-state index contributed by atoms with van der Waals surface area (Å²) in [5.41, 5.74) is 7.76. The van der Waals surface area contributed by atoms with Crippen LogP contribution in [-0.2, 0) is 5.54 Å². The van der Waals surface area contributed by atoms with Gasteiger partial charge in [0.15, 0.2) is 5.17 Å². The van der Waals surface area contributed by atoms with Gasteiger partial charge in [0.25, 0.3) is 5.91 Å². The molecule has 0 saturated heterocycles. The fourth-order valence-electron chi connectivity index (χ4n) is 4.16. The number of aryl methyl sites for hydroxylation is 1.